The minimum absolute atomic E-state index is 0.256. The number of nitrogens with one attached hydrogen (secondary N) is 2. The highest BCUT2D eigenvalue weighted by Gasteiger charge is 2.23. The van der Waals surface area contributed by atoms with Crippen LogP contribution in [0.2, 0.25) is 0 Å². The van der Waals surface area contributed by atoms with Gasteiger partial charge in [-0.25, -0.2) is 15.0 Å². The number of aromatic amines is 1. The average molecular weight is 388 g/mol. The van der Waals surface area contributed by atoms with Crippen molar-refractivity contribution in [1.82, 2.24) is 40.0 Å². The topological polar surface area (TPSA) is 114 Å². The summed E-state index contributed by atoms with van der Waals surface area (Å²) in [4.78, 5) is 29.1. The summed E-state index contributed by atoms with van der Waals surface area (Å²) in [5.41, 5.74) is 3.36. The van der Waals surface area contributed by atoms with Gasteiger partial charge in [-0.2, -0.15) is 0 Å². The number of fused-ring (bicyclic) bond motifs is 1. The molecule has 5 rings (SSSR count). The van der Waals surface area contributed by atoms with Crippen molar-refractivity contribution in [2.24, 2.45) is 0 Å². The zero-order valence-corrected chi connectivity index (χ0v) is 15.7. The predicted molar refractivity (Wildman–Crippen MR) is 105 cm³/mol. The van der Waals surface area contributed by atoms with Crippen LogP contribution in [-0.2, 0) is 6.54 Å². The van der Waals surface area contributed by atoms with Gasteiger partial charge in [0.2, 0.25) is 0 Å². The molecule has 0 spiro atoms. The van der Waals surface area contributed by atoms with Crippen LogP contribution in [0.1, 0.15) is 53.5 Å². The summed E-state index contributed by atoms with van der Waals surface area (Å²) in [6.07, 6.45) is 9.34. The van der Waals surface area contributed by atoms with Gasteiger partial charge in [-0.1, -0.05) is 25.0 Å². The van der Waals surface area contributed by atoms with E-state index in [0.29, 0.717) is 29.3 Å². The zero-order valence-electron chi connectivity index (χ0n) is 15.7. The van der Waals surface area contributed by atoms with Crippen molar-refractivity contribution < 1.29 is 4.79 Å². The van der Waals surface area contributed by atoms with Crippen LogP contribution in [0.25, 0.3) is 16.9 Å². The number of nitrogens with zero attached hydrogens (tertiary/aromatic N) is 6. The molecular weight excluding hydrogens is 368 g/mol. The van der Waals surface area contributed by atoms with E-state index in [1.54, 1.807) is 12.7 Å². The third-order valence-electron chi connectivity index (χ3n) is 5.34. The molecule has 9 heteroatoms. The Balaban J connectivity index is 1.34. The number of benzene rings is 1. The summed E-state index contributed by atoms with van der Waals surface area (Å²) >= 11 is 0. The van der Waals surface area contributed by atoms with Crippen LogP contribution in [0, 0.1) is 0 Å². The number of H-pyrrole nitrogens is 1. The largest absolute Gasteiger partial charge is 0.347 e. The number of carbonyl (C=O) groups excluding carboxylic acids is 1. The van der Waals surface area contributed by atoms with Crippen molar-refractivity contribution in [2.45, 2.75) is 38.1 Å². The lowest BCUT2D eigenvalue weighted by Crippen LogP contribution is -2.24. The Bertz CT molecular complexity index is 1140. The molecule has 0 aliphatic heterocycles. The number of aromatic nitrogens is 7. The SMILES string of the molecule is O=C(NCc1cccc(-n2cnnc2)c1)c1ncnc2nc(C3CCCC3)[nH]c12. The van der Waals surface area contributed by atoms with E-state index in [2.05, 4.69) is 35.5 Å². The Hall–Kier alpha value is -3.62. The molecule has 0 radical (unpaired) electrons. The molecule has 3 heterocycles. The van der Waals surface area contributed by atoms with Crippen LogP contribution in [0.4, 0.5) is 0 Å². The smallest absolute Gasteiger partial charge is 0.272 e. The Morgan fingerprint density at radius 2 is 2.00 bits per heavy atom. The maximum absolute atomic E-state index is 12.8. The minimum atomic E-state index is -0.256. The molecule has 0 unspecified atom stereocenters. The summed E-state index contributed by atoms with van der Waals surface area (Å²) in [5.74, 6) is 1.07. The first kappa shape index (κ1) is 17.5. The fourth-order valence-electron chi connectivity index (χ4n) is 3.84. The van der Waals surface area contributed by atoms with Crippen molar-refractivity contribution in [3.8, 4) is 5.69 Å². The maximum atomic E-state index is 12.8. The summed E-state index contributed by atoms with van der Waals surface area (Å²) < 4.78 is 1.81. The van der Waals surface area contributed by atoms with Crippen LogP contribution in [0.3, 0.4) is 0 Å². The van der Waals surface area contributed by atoms with E-state index >= 15 is 0 Å². The zero-order chi connectivity index (χ0) is 19.6. The van der Waals surface area contributed by atoms with E-state index in [-0.39, 0.29) is 5.91 Å². The lowest BCUT2D eigenvalue weighted by atomic mass is 10.1. The third kappa shape index (κ3) is 3.46. The van der Waals surface area contributed by atoms with Gasteiger partial charge >= 0.3 is 0 Å². The highest BCUT2D eigenvalue weighted by molar-refractivity contribution is 6.02. The van der Waals surface area contributed by atoms with Gasteiger partial charge in [0.15, 0.2) is 11.3 Å². The van der Waals surface area contributed by atoms with Crippen LogP contribution in [0.15, 0.2) is 43.2 Å². The molecule has 146 valence electrons. The second-order valence-corrected chi connectivity index (χ2v) is 7.25. The Morgan fingerprint density at radius 3 is 2.83 bits per heavy atom. The quantitative estimate of drug-likeness (QED) is 0.543. The molecule has 4 aromatic rings. The first-order valence-electron chi connectivity index (χ1n) is 9.70. The van der Waals surface area contributed by atoms with E-state index < -0.39 is 0 Å². The second kappa shape index (κ2) is 7.42. The molecule has 0 saturated heterocycles. The number of carbonyl (C=O) groups is 1. The number of amides is 1. The van der Waals surface area contributed by atoms with E-state index in [1.165, 1.54) is 19.2 Å². The lowest BCUT2D eigenvalue weighted by molar-refractivity contribution is 0.0947. The van der Waals surface area contributed by atoms with Crippen LogP contribution in [-0.4, -0.2) is 40.6 Å². The molecule has 9 nitrogen and oxygen atoms in total. The van der Waals surface area contributed by atoms with Crippen molar-refractivity contribution in [1.29, 1.82) is 0 Å². The van der Waals surface area contributed by atoms with Gasteiger partial charge in [0, 0.05) is 18.2 Å². The molecule has 1 aromatic carbocycles. The summed E-state index contributed by atoms with van der Waals surface area (Å²) in [5, 5.41) is 10.6. The van der Waals surface area contributed by atoms with E-state index in [4.69, 9.17) is 0 Å². The van der Waals surface area contributed by atoms with E-state index in [0.717, 1.165) is 29.9 Å². The van der Waals surface area contributed by atoms with Gasteiger partial charge in [-0.05, 0) is 30.5 Å². The summed E-state index contributed by atoms with van der Waals surface area (Å²) in [7, 11) is 0. The normalized spacial score (nSPS) is 14.5. The first-order valence-corrected chi connectivity index (χ1v) is 9.70. The Morgan fingerprint density at radius 1 is 1.17 bits per heavy atom. The molecule has 0 atom stereocenters. The average Bonchev–Trinajstić information content (AvgIpc) is 3.52. The van der Waals surface area contributed by atoms with Gasteiger partial charge < -0.3 is 10.3 Å². The van der Waals surface area contributed by atoms with Gasteiger partial charge in [0.05, 0.1) is 0 Å². The number of hydrogen-bond donors (Lipinski definition) is 2. The molecule has 2 N–H and O–H groups in total. The van der Waals surface area contributed by atoms with E-state index in [9.17, 15) is 4.79 Å². The number of hydrogen-bond acceptors (Lipinski definition) is 6. The third-order valence-corrected chi connectivity index (χ3v) is 5.34. The molecule has 1 saturated carbocycles. The minimum Gasteiger partial charge on any atom is -0.347 e. The van der Waals surface area contributed by atoms with Crippen molar-refractivity contribution in [3.05, 3.63) is 60.3 Å². The monoisotopic (exact) mass is 388 g/mol. The van der Waals surface area contributed by atoms with Gasteiger partial charge in [0.25, 0.3) is 5.91 Å². The van der Waals surface area contributed by atoms with Gasteiger partial charge in [-0.15, -0.1) is 10.2 Å². The molecule has 0 bridgehead atoms. The molecule has 1 aliphatic rings. The molecule has 29 heavy (non-hydrogen) atoms. The maximum Gasteiger partial charge on any atom is 0.272 e. The molecule has 1 fully saturated rings. The van der Waals surface area contributed by atoms with Crippen molar-refractivity contribution >= 4 is 17.1 Å². The fourth-order valence-corrected chi connectivity index (χ4v) is 3.84. The molecular formula is C20H20N8O. The second-order valence-electron chi connectivity index (χ2n) is 7.25. The van der Waals surface area contributed by atoms with Crippen molar-refractivity contribution in [2.75, 3.05) is 0 Å². The van der Waals surface area contributed by atoms with Crippen molar-refractivity contribution in [3.63, 3.8) is 0 Å². The highest BCUT2D eigenvalue weighted by atomic mass is 16.1. The standard InChI is InChI=1S/C20H20N8O/c29-20(21-9-13-4-3-7-15(8-13)28-11-24-25-12-28)17-16-19(23-10-22-17)27-18(26-16)14-5-1-2-6-14/h3-4,7-8,10-12,14H,1-2,5-6,9H2,(H,21,29)(H,22,23,26,27). The van der Waals surface area contributed by atoms with Gasteiger partial charge in [0.1, 0.15) is 30.3 Å². The highest BCUT2D eigenvalue weighted by Crippen LogP contribution is 2.33. The summed E-state index contributed by atoms with van der Waals surface area (Å²) in [6.45, 7) is 0.379. The molecule has 1 aliphatic carbocycles. The number of imidazole rings is 1. The lowest BCUT2D eigenvalue weighted by Gasteiger charge is -2.07. The van der Waals surface area contributed by atoms with Gasteiger partial charge in [-0.3, -0.25) is 9.36 Å². The number of rotatable bonds is 5. The summed E-state index contributed by atoms with van der Waals surface area (Å²) in [6, 6.07) is 7.83. The predicted octanol–water partition coefficient (Wildman–Crippen LogP) is 2.52. The fraction of sp³-hybridized carbons (Fsp3) is 0.300. The molecule has 1 amide bonds. The first-order chi connectivity index (χ1) is 14.3. The Kier molecular flexibility index (Phi) is 4.47. The van der Waals surface area contributed by atoms with Crippen LogP contribution < -0.4 is 5.32 Å². The van der Waals surface area contributed by atoms with E-state index in [1.807, 2.05) is 28.8 Å². The van der Waals surface area contributed by atoms with Crippen LogP contribution >= 0.6 is 0 Å². The molecule has 3 aromatic heterocycles. The Labute approximate surface area is 166 Å². The van der Waals surface area contributed by atoms with Crippen LogP contribution in [0.5, 0.6) is 0 Å².